The van der Waals surface area contributed by atoms with E-state index in [-0.39, 0.29) is 6.04 Å². The topological polar surface area (TPSA) is 79.4 Å². The van der Waals surface area contributed by atoms with E-state index < -0.39 is 0 Å². The Labute approximate surface area is 122 Å². The van der Waals surface area contributed by atoms with Gasteiger partial charge in [-0.25, -0.2) is 9.97 Å². The maximum atomic E-state index is 8.83. The molecule has 1 atom stereocenters. The normalized spacial score (nSPS) is 12.0. The molecule has 21 heavy (non-hydrogen) atoms. The van der Waals surface area contributed by atoms with Crippen molar-refractivity contribution in [3.8, 4) is 6.07 Å². The van der Waals surface area contributed by atoms with Crippen LogP contribution < -0.4 is 5.32 Å². The molecular weight excluding hydrogens is 264 g/mol. The number of nitriles is 1. The Balaban J connectivity index is 1.89. The Morgan fingerprint density at radius 3 is 2.71 bits per heavy atom. The molecule has 0 unspecified atom stereocenters. The van der Waals surface area contributed by atoms with Crippen molar-refractivity contribution in [3.05, 3.63) is 47.9 Å². The van der Waals surface area contributed by atoms with Gasteiger partial charge in [0.25, 0.3) is 0 Å². The lowest BCUT2D eigenvalue weighted by Gasteiger charge is -2.15. The summed E-state index contributed by atoms with van der Waals surface area (Å²) in [6, 6.07) is 9.69. The first-order valence-electron chi connectivity index (χ1n) is 6.58. The summed E-state index contributed by atoms with van der Waals surface area (Å²) < 4.78 is 1.72. The highest BCUT2D eigenvalue weighted by Crippen LogP contribution is 2.23. The SMILES string of the molecule is C[C@@H](Nc1ncnc2c1cnn2C)c1ccc(C#N)cc1. The molecule has 2 aromatic heterocycles. The average Bonchev–Trinajstić information content (AvgIpc) is 2.90. The Bertz CT molecular complexity index is 812. The molecule has 2 heterocycles. The van der Waals surface area contributed by atoms with Crippen molar-refractivity contribution in [2.24, 2.45) is 7.05 Å². The van der Waals surface area contributed by atoms with Crippen LogP contribution in [0.25, 0.3) is 11.0 Å². The Morgan fingerprint density at radius 1 is 1.24 bits per heavy atom. The zero-order chi connectivity index (χ0) is 14.8. The minimum atomic E-state index is 0.0658. The number of hydrogen-bond acceptors (Lipinski definition) is 5. The number of benzene rings is 1. The monoisotopic (exact) mass is 278 g/mol. The second-order valence-electron chi connectivity index (χ2n) is 4.83. The fourth-order valence-corrected chi connectivity index (χ4v) is 2.21. The summed E-state index contributed by atoms with van der Waals surface area (Å²) in [4.78, 5) is 8.51. The molecule has 1 N–H and O–H groups in total. The van der Waals surface area contributed by atoms with Crippen LogP contribution in [0.2, 0.25) is 0 Å². The Hall–Kier alpha value is -2.94. The van der Waals surface area contributed by atoms with Gasteiger partial charge in [0, 0.05) is 13.1 Å². The fourth-order valence-electron chi connectivity index (χ4n) is 2.21. The first-order valence-corrected chi connectivity index (χ1v) is 6.58. The van der Waals surface area contributed by atoms with Crippen molar-refractivity contribution in [1.82, 2.24) is 19.7 Å². The summed E-state index contributed by atoms with van der Waals surface area (Å²) in [5, 5.41) is 17.3. The van der Waals surface area contributed by atoms with Gasteiger partial charge in [-0.1, -0.05) is 12.1 Å². The van der Waals surface area contributed by atoms with Gasteiger partial charge in [0.1, 0.15) is 12.1 Å². The summed E-state index contributed by atoms with van der Waals surface area (Å²) in [5.41, 5.74) is 2.53. The van der Waals surface area contributed by atoms with Gasteiger partial charge >= 0.3 is 0 Å². The van der Waals surface area contributed by atoms with Gasteiger partial charge < -0.3 is 5.32 Å². The number of fused-ring (bicyclic) bond motifs is 1. The third kappa shape index (κ3) is 2.41. The van der Waals surface area contributed by atoms with Crippen LogP contribution in [0.5, 0.6) is 0 Å². The van der Waals surface area contributed by atoms with Crippen LogP contribution in [0.15, 0.2) is 36.8 Å². The zero-order valence-electron chi connectivity index (χ0n) is 11.8. The van der Waals surface area contributed by atoms with Crippen LogP contribution >= 0.6 is 0 Å². The van der Waals surface area contributed by atoms with Gasteiger partial charge in [-0.05, 0) is 24.6 Å². The number of rotatable bonds is 3. The number of aromatic nitrogens is 4. The fraction of sp³-hybridized carbons (Fsp3) is 0.200. The van der Waals surface area contributed by atoms with E-state index in [1.165, 1.54) is 6.33 Å². The molecule has 6 nitrogen and oxygen atoms in total. The first-order chi connectivity index (χ1) is 10.2. The highest BCUT2D eigenvalue weighted by Gasteiger charge is 2.11. The molecule has 6 heteroatoms. The third-order valence-corrected chi connectivity index (χ3v) is 3.42. The summed E-state index contributed by atoms with van der Waals surface area (Å²) >= 11 is 0. The molecule has 104 valence electrons. The molecule has 0 saturated heterocycles. The molecule has 3 aromatic rings. The van der Waals surface area contributed by atoms with E-state index in [9.17, 15) is 0 Å². The van der Waals surface area contributed by atoms with Crippen LogP contribution in [0, 0.1) is 11.3 Å². The van der Waals surface area contributed by atoms with Crippen molar-refractivity contribution in [2.45, 2.75) is 13.0 Å². The molecule has 0 saturated carbocycles. The van der Waals surface area contributed by atoms with Crippen molar-refractivity contribution in [3.63, 3.8) is 0 Å². The molecule has 3 rings (SSSR count). The smallest absolute Gasteiger partial charge is 0.163 e. The third-order valence-electron chi connectivity index (χ3n) is 3.42. The van der Waals surface area contributed by atoms with E-state index >= 15 is 0 Å². The predicted octanol–water partition coefficient (Wildman–Crippen LogP) is 2.41. The van der Waals surface area contributed by atoms with Crippen LogP contribution in [0.4, 0.5) is 5.82 Å². The van der Waals surface area contributed by atoms with E-state index in [1.807, 2.05) is 38.2 Å². The molecule has 0 spiro atoms. The highest BCUT2D eigenvalue weighted by molar-refractivity contribution is 5.86. The maximum absolute atomic E-state index is 8.83. The number of anilines is 1. The quantitative estimate of drug-likeness (QED) is 0.795. The molecule has 0 fully saturated rings. The maximum Gasteiger partial charge on any atom is 0.163 e. The Kier molecular flexibility index (Phi) is 3.24. The van der Waals surface area contributed by atoms with Crippen LogP contribution in [0.3, 0.4) is 0 Å². The largest absolute Gasteiger partial charge is 0.363 e. The van der Waals surface area contributed by atoms with E-state index in [0.717, 1.165) is 22.4 Å². The molecule has 0 radical (unpaired) electrons. The number of aryl methyl sites for hydroxylation is 1. The van der Waals surface area contributed by atoms with Gasteiger partial charge in [0.2, 0.25) is 0 Å². The molecular formula is C15H14N6. The van der Waals surface area contributed by atoms with E-state index in [0.29, 0.717) is 5.56 Å². The molecule has 0 amide bonds. The molecule has 0 aliphatic carbocycles. The van der Waals surface area contributed by atoms with Crippen molar-refractivity contribution < 1.29 is 0 Å². The van der Waals surface area contributed by atoms with Gasteiger partial charge in [0.15, 0.2) is 5.65 Å². The number of nitrogens with one attached hydrogen (secondary N) is 1. The lowest BCUT2D eigenvalue weighted by molar-refractivity contribution is 0.785. The van der Waals surface area contributed by atoms with Gasteiger partial charge in [-0.3, -0.25) is 4.68 Å². The second kappa shape index (κ2) is 5.21. The van der Waals surface area contributed by atoms with E-state index in [4.69, 9.17) is 5.26 Å². The minimum absolute atomic E-state index is 0.0658. The average molecular weight is 278 g/mol. The lowest BCUT2D eigenvalue weighted by atomic mass is 10.1. The summed E-state index contributed by atoms with van der Waals surface area (Å²) in [7, 11) is 1.85. The van der Waals surface area contributed by atoms with Crippen LogP contribution in [-0.2, 0) is 7.05 Å². The van der Waals surface area contributed by atoms with E-state index in [2.05, 4.69) is 26.5 Å². The van der Waals surface area contributed by atoms with Crippen LogP contribution in [-0.4, -0.2) is 19.7 Å². The molecule has 1 aromatic carbocycles. The van der Waals surface area contributed by atoms with E-state index in [1.54, 1.807) is 10.9 Å². The first kappa shape index (κ1) is 13.1. The van der Waals surface area contributed by atoms with Gasteiger partial charge in [0.05, 0.1) is 23.2 Å². The predicted molar refractivity (Wildman–Crippen MR) is 79.5 cm³/mol. The standard InChI is InChI=1S/C15H14N6/c1-10(12-5-3-11(7-16)4-6-12)20-14-13-8-19-21(2)15(13)18-9-17-14/h3-6,8-10H,1-2H3,(H,17,18,20)/t10-/m1/s1. The van der Waals surface area contributed by atoms with Crippen molar-refractivity contribution >= 4 is 16.9 Å². The highest BCUT2D eigenvalue weighted by atomic mass is 15.3. The summed E-state index contributed by atoms with van der Waals surface area (Å²) in [5.74, 6) is 0.755. The second-order valence-corrected chi connectivity index (χ2v) is 4.83. The molecule has 0 bridgehead atoms. The number of hydrogen-bond donors (Lipinski definition) is 1. The van der Waals surface area contributed by atoms with Gasteiger partial charge in [-0.2, -0.15) is 10.4 Å². The van der Waals surface area contributed by atoms with Crippen molar-refractivity contribution in [1.29, 1.82) is 5.26 Å². The zero-order valence-corrected chi connectivity index (χ0v) is 11.8. The molecule has 0 aliphatic heterocycles. The van der Waals surface area contributed by atoms with Crippen LogP contribution in [0.1, 0.15) is 24.1 Å². The minimum Gasteiger partial charge on any atom is -0.363 e. The van der Waals surface area contributed by atoms with Gasteiger partial charge in [-0.15, -0.1) is 0 Å². The lowest BCUT2D eigenvalue weighted by Crippen LogP contribution is -2.08. The molecule has 0 aliphatic rings. The summed E-state index contributed by atoms with van der Waals surface area (Å²) in [6.07, 6.45) is 3.28. The summed E-state index contributed by atoms with van der Waals surface area (Å²) in [6.45, 7) is 2.05. The Morgan fingerprint density at radius 2 is 2.00 bits per heavy atom. The number of nitrogens with zero attached hydrogens (tertiary/aromatic N) is 5. The van der Waals surface area contributed by atoms with Crippen molar-refractivity contribution in [2.75, 3.05) is 5.32 Å².